The second-order valence-electron chi connectivity index (χ2n) is 17.0. The van der Waals surface area contributed by atoms with Crippen molar-refractivity contribution >= 4 is 76.1 Å². The van der Waals surface area contributed by atoms with Gasteiger partial charge < -0.3 is 8.98 Å². The predicted molar refractivity (Wildman–Crippen MR) is 281 cm³/mol. The number of rotatable bonds is 6. The first kappa shape index (κ1) is 31.6. The highest BCUT2D eigenvalue weighted by atomic mass is 16.3. The van der Waals surface area contributed by atoms with E-state index in [1.807, 2.05) is 72.8 Å². The number of benzene rings is 11. The molecular formula is C63H38N4O. The highest BCUT2D eigenvalue weighted by Gasteiger charge is 2.21. The van der Waals surface area contributed by atoms with Crippen molar-refractivity contribution in [2.45, 2.75) is 0 Å². The van der Waals surface area contributed by atoms with Gasteiger partial charge in [0.25, 0.3) is 0 Å². The van der Waals surface area contributed by atoms with E-state index >= 15 is 0 Å². The fourth-order valence-corrected chi connectivity index (χ4v) is 10.0. The lowest BCUT2D eigenvalue weighted by molar-refractivity contribution is 0.670. The van der Waals surface area contributed by atoms with E-state index in [4.69, 9.17) is 26.2 Å². The van der Waals surface area contributed by atoms with Crippen molar-refractivity contribution in [3.8, 4) is 62.1 Å². The standard InChI is InChI=1S/C63H38N4O/c1-2-16-39(17-3-1)40-33-35-59-55(37-40)52-28-15-27-44(60(52)68-59)41-18-14-19-42(36-41)61-64-62(43-32-34-49-47-22-5-4-20-45(47)46-21-6-7-23-48(46)54(49)38-43)66-63(65-61)53-26-10-13-31-58(53)67-56-29-11-8-24-50(56)51-25-9-12-30-57(51)67/h1-38H/i8D,9D,11D,24D,25D,29D,30D. The molecule has 0 unspecified atom stereocenters. The zero-order valence-electron chi connectivity index (χ0n) is 43.1. The fourth-order valence-electron chi connectivity index (χ4n) is 10.0. The summed E-state index contributed by atoms with van der Waals surface area (Å²) in [6, 6.07) is 60.2. The normalized spacial score (nSPS) is 13.3. The van der Waals surface area contributed by atoms with Crippen LogP contribution < -0.4 is 0 Å². The first-order valence-corrected chi connectivity index (χ1v) is 22.4. The van der Waals surface area contributed by atoms with Crippen LogP contribution in [0.3, 0.4) is 0 Å². The average molecular weight is 874 g/mol. The van der Waals surface area contributed by atoms with Crippen LogP contribution in [0.15, 0.2) is 235 Å². The lowest BCUT2D eigenvalue weighted by Crippen LogP contribution is -2.03. The molecule has 0 saturated carbocycles. The lowest BCUT2D eigenvalue weighted by Gasteiger charge is -2.15. The molecule has 14 aromatic rings. The third kappa shape index (κ3) is 5.99. The van der Waals surface area contributed by atoms with Gasteiger partial charge in [0.1, 0.15) is 11.2 Å². The molecule has 0 aliphatic rings. The average Bonchev–Trinajstić information content (AvgIpc) is 4.08. The number of nitrogens with zero attached hydrogens (tertiary/aromatic N) is 4. The van der Waals surface area contributed by atoms with Crippen LogP contribution in [0.2, 0.25) is 0 Å². The molecule has 0 aliphatic carbocycles. The van der Waals surface area contributed by atoms with Crippen LogP contribution in [0, 0.1) is 0 Å². The molecule has 3 aromatic heterocycles. The molecule has 0 radical (unpaired) electrons. The summed E-state index contributed by atoms with van der Waals surface area (Å²) in [6.07, 6.45) is 0. The van der Waals surface area contributed by atoms with Crippen molar-refractivity contribution in [1.29, 1.82) is 0 Å². The second-order valence-corrected chi connectivity index (χ2v) is 17.0. The molecule has 0 amide bonds. The Bertz CT molecular complexity index is 4730. The summed E-state index contributed by atoms with van der Waals surface area (Å²) in [5, 5.41) is 8.77. The van der Waals surface area contributed by atoms with Gasteiger partial charge in [-0.05, 0) is 97.5 Å². The maximum absolute atomic E-state index is 9.27. The molecule has 5 nitrogen and oxygen atoms in total. The third-order valence-corrected chi connectivity index (χ3v) is 13.1. The highest BCUT2D eigenvalue weighted by molar-refractivity contribution is 6.25. The topological polar surface area (TPSA) is 56.7 Å². The van der Waals surface area contributed by atoms with Gasteiger partial charge in [-0.25, -0.2) is 15.0 Å². The van der Waals surface area contributed by atoms with E-state index in [1.54, 1.807) is 16.7 Å². The zero-order chi connectivity index (χ0) is 50.8. The van der Waals surface area contributed by atoms with Gasteiger partial charge in [-0.2, -0.15) is 0 Å². The summed E-state index contributed by atoms with van der Waals surface area (Å²) in [4.78, 5) is 15.8. The second kappa shape index (κ2) is 15.2. The quantitative estimate of drug-likeness (QED) is 0.156. The Hall–Kier alpha value is -9.19. The van der Waals surface area contributed by atoms with Crippen molar-refractivity contribution in [3.05, 3.63) is 230 Å². The molecule has 11 aromatic carbocycles. The molecule has 0 aliphatic heterocycles. The predicted octanol–water partition coefficient (Wildman–Crippen LogP) is 16.7. The van der Waals surface area contributed by atoms with Crippen LogP contribution in [0.1, 0.15) is 9.60 Å². The van der Waals surface area contributed by atoms with Gasteiger partial charge in [-0.3, -0.25) is 0 Å². The Morgan fingerprint density at radius 3 is 1.71 bits per heavy atom. The Morgan fingerprint density at radius 1 is 0.338 bits per heavy atom. The molecule has 3 heterocycles. The maximum atomic E-state index is 9.27. The number of aromatic nitrogens is 4. The van der Waals surface area contributed by atoms with E-state index < -0.39 is 12.1 Å². The maximum Gasteiger partial charge on any atom is 0.166 e. The van der Waals surface area contributed by atoms with Crippen LogP contribution in [-0.2, 0) is 0 Å². The van der Waals surface area contributed by atoms with Gasteiger partial charge in [0.05, 0.1) is 26.3 Å². The lowest BCUT2D eigenvalue weighted by atomic mass is 9.93. The van der Waals surface area contributed by atoms with Crippen molar-refractivity contribution in [2.75, 3.05) is 0 Å². The monoisotopic (exact) mass is 873 g/mol. The van der Waals surface area contributed by atoms with Gasteiger partial charge in [0.15, 0.2) is 17.5 Å². The molecule has 0 atom stereocenters. The van der Waals surface area contributed by atoms with Crippen molar-refractivity contribution in [3.63, 3.8) is 0 Å². The molecule has 0 spiro atoms. The van der Waals surface area contributed by atoms with E-state index in [9.17, 15) is 2.74 Å². The molecular weight excluding hydrogens is 829 g/mol. The molecule has 0 N–H and O–H groups in total. The molecule has 0 fully saturated rings. The largest absolute Gasteiger partial charge is 0.455 e. The van der Waals surface area contributed by atoms with Crippen LogP contribution in [-0.4, -0.2) is 19.5 Å². The van der Waals surface area contributed by atoms with Crippen LogP contribution in [0.4, 0.5) is 0 Å². The van der Waals surface area contributed by atoms with Crippen LogP contribution in [0.25, 0.3) is 138 Å². The van der Waals surface area contributed by atoms with Crippen LogP contribution in [0.5, 0.6) is 0 Å². The fraction of sp³-hybridized carbons (Fsp3) is 0. The first-order chi connectivity index (χ1) is 36.6. The summed E-state index contributed by atoms with van der Waals surface area (Å²) in [5.41, 5.74) is 8.10. The smallest absolute Gasteiger partial charge is 0.166 e. The summed E-state index contributed by atoms with van der Waals surface area (Å²) >= 11 is 0. The van der Waals surface area contributed by atoms with E-state index in [0.29, 0.717) is 28.5 Å². The Morgan fingerprint density at radius 2 is 0.897 bits per heavy atom. The Balaban J connectivity index is 1.01. The van der Waals surface area contributed by atoms with Gasteiger partial charge in [0.2, 0.25) is 0 Å². The number of hydrogen-bond acceptors (Lipinski definition) is 4. The van der Waals surface area contributed by atoms with Crippen molar-refractivity contribution in [1.82, 2.24) is 19.5 Å². The summed E-state index contributed by atoms with van der Waals surface area (Å²) in [7, 11) is 0. The SMILES string of the molecule is [2H]c1cc([2H])c2c(c1[2H])c1c([2H])c([2H])c([2H])c([2H])c1n2-c1ccccc1-c1nc(-c2cccc(-c3cccc4c3oc3ccc(-c5ccccc5)cc34)c2)nc(-c2ccc3c4ccccc4c4ccccc4c3c2)n1. The Labute approximate surface area is 400 Å². The molecule has 0 saturated heterocycles. The van der Waals surface area contributed by atoms with E-state index in [1.165, 1.54) is 6.07 Å². The molecule has 316 valence electrons. The van der Waals surface area contributed by atoms with E-state index in [2.05, 4.69) is 97.1 Å². The minimum absolute atomic E-state index is 0.0549. The number of para-hydroxylation sites is 4. The Kier molecular flexibility index (Phi) is 7.07. The van der Waals surface area contributed by atoms with E-state index in [0.717, 1.165) is 82.1 Å². The van der Waals surface area contributed by atoms with Crippen molar-refractivity contribution < 1.29 is 14.0 Å². The first-order valence-electron chi connectivity index (χ1n) is 25.9. The van der Waals surface area contributed by atoms with Gasteiger partial charge in [-0.1, -0.05) is 182 Å². The molecule has 68 heavy (non-hydrogen) atoms. The highest BCUT2D eigenvalue weighted by Crippen LogP contribution is 2.41. The van der Waals surface area contributed by atoms with Crippen molar-refractivity contribution in [2.24, 2.45) is 0 Å². The summed E-state index contributed by atoms with van der Waals surface area (Å²) in [5.74, 6) is 1.02. The number of fused-ring (bicyclic) bond motifs is 12. The minimum atomic E-state index is -0.472. The zero-order valence-corrected chi connectivity index (χ0v) is 36.1. The summed E-state index contributed by atoms with van der Waals surface area (Å²) in [6.45, 7) is 0. The van der Waals surface area contributed by atoms with Gasteiger partial charge in [-0.15, -0.1) is 0 Å². The van der Waals surface area contributed by atoms with Gasteiger partial charge in [0, 0.05) is 43.8 Å². The minimum Gasteiger partial charge on any atom is -0.455 e. The summed E-state index contributed by atoms with van der Waals surface area (Å²) < 4.78 is 70.9. The third-order valence-electron chi connectivity index (χ3n) is 13.1. The number of hydrogen-bond donors (Lipinski definition) is 0. The molecule has 5 heteroatoms. The number of furan rings is 1. The van der Waals surface area contributed by atoms with Crippen LogP contribution >= 0.6 is 0 Å². The molecule has 14 rings (SSSR count). The van der Waals surface area contributed by atoms with E-state index in [-0.39, 0.29) is 57.8 Å². The van der Waals surface area contributed by atoms with Gasteiger partial charge >= 0.3 is 0 Å². The molecule has 0 bridgehead atoms.